The Morgan fingerprint density at radius 1 is 1.07 bits per heavy atom. The topological polar surface area (TPSA) is 90.6 Å². The van der Waals surface area contributed by atoms with Crippen LogP contribution in [0.1, 0.15) is 0 Å². The van der Waals surface area contributed by atoms with Gasteiger partial charge in [-0.15, -0.1) is 0 Å². The highest BCUT2D eigenvalue weighted by Gasteiger charge is 2.20. The van der Waals surface area contributed by atoms with Gasteiger partial charge in [-0.25, -0.2) is 9.97 Å². The van der Waals surface area contributed by atoms with Crippen molar-refractivity contribution in [2.75, 3.05) is 61.6 Å². The quantitative estimate of drug-likeness (QED) is 0.671. The molecule has 1 saturated heterocycles. The maximum absolute atomic E-state index is 12.5. The summed E-state index contributed by atoms with van der Waals surface area (Å²) in [5, 5.41) is 9.63. The molecule has 1 N–H and O–H groups in total. The molecule has 0 amide bonds. The summed E-state index contributed by atoms with van der Waals surface area (Å²) in [6, 6.07) is 7.65. The van der Waals surface area contributed by atoms with Crippen LogP contribution >= 0.6 is 0 Å². The van der Waals surface area contributed by atoms with E-state index in [1.807, 2.05) is 43.3 Å². The summed E-state index contributed by atoms with van der Waals surface area (Å²) in [5.41, 5.74) is 1.59. The van der Waals surface area contributed by atoms with E-state index in [4.69, 9.17) is 5.11 Å². The smallest absolute Gasteiger partial charge is 0.261 e. The molecule has 0 saturated carbocycles. The summed E-state index contributed by atoms with van der Waals surface area (Å²) in [7, 11) is 3.94. The number of aromatic nitrogens is 4. The third kappa shape index (κ3) is 3.86. The third-order valence-corrected chi connectivity index (χ3v) is 5.16. The highest BCUT2D eigenvalue weighted by atomic mass is 16.3. The Hall–Kier alpha value is -3.20. The molecule has 1 fully saturated rings. The zero-order valence-electron chi connectivity index (χ0n) is 16.7. The van der Waals surface area contributed by atoms with E-state index in [1.54, 1.807) is 6.20 Å². The van der Waals surface area contributed by atoms with Gasteiger partial charge in [0.25, 0.3) is 5.56 Å². The van der Waals surface area contributed by atoms with E-state index in [2.05, 4.69) is 24.8 Å². The average molecular weight is 395 g/mol. The van der Waals surface area contributed by atoms with Crippen molar-refractivity contribution in [1.82, 2.24) is 19.5 Å². The number of benzene rings is 1. The van der Waals surface area contributed by atoms with Gasteiger partial charge in [-0.3, -0.25) is 9.36 Å². The first-order chi connectivity index (χ1) is 14.1. The van der Waals surface area contributed by atoms with Crippen LogP contribution in [0.3, 0.4) is 0 Å². The Morgan fingerprint density at radius 3 is 2.55 bits per heavy atom. The molecule has 0 bridgehead atoms. The Bertz CT molecular complexity index is 1060. The van der Waals surface area contributed by atoms with Gasteiger partial charge in [-0.05, 0) is 24.3 Å². The monoisotopic (exact) mass is 395 g/mol. The van der Waals surface area contributed by atoms with E-state index in [9.17, 15) is 4.79 Å². The van der Waals surface area contributed by atoms with Crippen molar-refractivity contribution in [2.24, 2.45) is 0 Å². The molecule has 3 heterocycles. The van der Waals surface area contributed by atoms with Crippen LogP contribution in [0, 0.1) is 0 Å². The van der Waals surface area contributed by atoms with Crippen LogP contribution in [0.25, 0.3) is 10.9 Å². The Balaban J connectivity index is 1.50. The van der Waals surface area contributed by atoms with Crippen molar-refractivity contribution in [3.8, 4) is 0 Å². The maximum Gasteiger partial charge on any atom is 0.261 e. The molecule has 9 heteroatoms. The number of fused-ring (bicyclic) bond motifs is 1. The van der Waals surface area contributed by atoms with Crippen LogP contribution in [0.4, 0.5) is 17.5 Å². The molecule has 152 valence electrons. The van der Waals surface area contributed by atoms with Crippen molar-refractivity contribution in [1.29, 1.82) is 0 Å². The van der Waals surface area contributed by atoms with Crippen molar-refractivity contribution >= 4 is 28.4 Å². The zero-order valence-corrected chi connectivity index (χ0v) is 16.7. The van der Waals surface area contributed by atoms with Crippen molar-refractivity contribution < 1.29 is 5.11 Å². The van der Waals surface area contributed by atoms with Crippen molar-refractivity contribution in [3.63, 3.8) is 0 Å². The number of hydrogen-bond donors (Lipinski definition) is 1. The second-order valence-corrected chi connectivity index (χ2v) is 7.25. The third-order valence-electron chi connectivity index (χ3n) is 5.16. The number of aliphatic hydroxyl groups excluding tert-OH is 1. The number of anilines is 3. The normalized spacial score (nSPS) is 14.4. The molecule has 1 aliphatic heterocycles. The molecule has 0 radical (unpaired) electrons. The second-order valence-electron chi connectivity index (χ2n) is 7.25. The number of piperazine rings is 1. The summed E-state index contributed by atoms with van der Waals surface area (Å²) in [4.78, 5) is 32.3. The lowest BCUT2D eigenvalue weighted by molar-refractivity contribution is 0.274. The molecule has 9 nitrogen and oxygen atoms in total. The van der Waals surface area contributed by atoms with E-state index in [0.717, 1.165) is 43.6 Å². The van der Waals surface area contributed by atoms with Gasteiger partial charge >= 0.3 is 0 Å². The van der Waals surface area contributed by atoms with Gasteiger partial charge in [-0.1, -0.05) is 0 Å². The molecule has 0 spiro atoms. The average Bonchev–Trinajstić information content (AvgIpc) is 2.76. The standard InChI is InChI=1S/C20H25N7O2/c1-24(2)18-5-6-21-20(23-18)26-9-7-25(8-10-26)15-3-4-16-17(13-15)22-14-27(11-12-28)19(16)29/h3-6,13-14,28H,7-12H2,1-2H3. The minimum absolute atomic E-state index is 0.0867. The summed E-state index contributed by atoms with van der Waals surface area (Å²) in [6.45, 7) is 3.48. The molecule has 4 rings (SSSR count). The minimum Gasteiger partial charge on any atom is -0.395 e. The first-order valence-corrected chi connectivity index (χ1v) is 9.67. The molecule has 1 aromatic carbocycles. The van der Waals surface area contributed by atoms with E-state index < -0.39 is 0 Å². The van der Waals surface area contributed by atoms with Crippen LogP contribution in [-0.2, 0) is 6.54 Å². The Kier molecular flexibility index (Phi) is 5.30. The molecule has 3 aromatic rings. The summed E-state index contributed by atoms with van der Waals surface area (Å²) < 4.78 is 1.43. The summed E-state index contributed by atoms with van der Waals surface area (Å²) in [6.07, 6.45) is 3.29. The molecule has 1 aliphatic rings. The van der Waals surface area contributed by atoms with Gasteiger partial charge < -0.3 is 19.8 Å². The van der Waals surface area contributed by atoms with Gasteiger partial charge in [0.15, 0.2) is 0 Å². The van der Waals surface area contributed by atoms with Gasteiger partial charge in [-0.2, -0.15) is 4.98 Å². The maximum atomic E-state index is 12.5. The number of rotatable bonds is 5. The van der Waals surface area contributed by atoms with E-state index in [1.165, 1.54) is 10.9 Å². The Labute approximate surface area is 168 Å². The van der Waals surface area contributed by atoms with E-state index in [-0.39, 0.29) is 18.7 Å². The molecule has 0 aliphatic carbocycles. The molecular weight excluding hydrogens is 370 g/mol. The SMILES string of the molecule is CN(C)c1ccnc(N2CCN(c3ccc4c(=O)n(CCO)cnc4c3)CC2)n1. The van der Waals surface area contributed by atoms with E-state index >= 15 is 0 Å². The number of hydrogen-bond acceptors (Lipinski definition) is 8. The van der Waals surface area contributed by atoms with Crippen LogP contribution < -0.4 is 20.3 Å². The molecule has 0 atom stereocenters. The van der Waals surface area contributed by atoms with Crippen molar-refractivity contribution in [3.05, 3.63) is 47.1 Å². The lowest BCUT2D eigenvalue weighted by Crippen LogP contribution is -2.47. The van der Waals surface area contributed by atoms with Crippen LogP contribution in [0.2, 0.25) is 0 Å². The number of aliphatic hydroxyl groups is 1. The molecular formula is C20H25N7O2. The Morgan fingerprint density at radius 2 is 1.83 bits per heavy atom. The van der Waals surface area contributed by atoms with Crippen molar-refractivity contribution in [2.45, 2.75) is 6.54 Å². The lowest BCUT2D eigenvalue weighted by Gasteiger charge is -2.36. The summed E-state index contributed by atoms with van der Waals surface area (Å²) in [5.74, 6) is 1.64. The van der Waals surface area contributed by atoms with E-state index in [0.29, 0.717) is 10.9 Å². The predicted molar refractivity (Wildman–Crippen MR) is 114 cm³/mol. The molecule has 0 unspecified atom stereocenters. The summed E-state index contributed by atoms with van der Waals surface area (Å²) >= 11 is 0. The van der Waals surface area contributed by atoms with Crippen LogP contribution in [0.15, 0.2) is 41.6 Å². The fourth-order valence-electron chi connectivity index (χ4n) is 3.52. The fraction of sp³-hybridized carbons (Fsp3) is 0.400. The first-order valence-electron chi connectivity index (χ1n) is 9.67. The molecule has 29 heavy (non-hydrogen) atoms. The fourth-order valence-corrected chi connectivity index (χ4v) is 3.52. The molecule has 2 aromatic heterocycles. The van der Waals surface area contributed by atoms with Crippen LogP contribution in [0.5, 0.6) is 0 Å². The van der Waals surface area contributed by atoms with Gasteiger partial charge in [0.1, 0.15) is 5.82 Å². The van der Waals surface area contributed by atoms with Gasteiger partial charge in [0, 0.05) is 52.2 Å². The van der Waals surface area contributed by atoms with Crippen LogP contribution in [-0.4, -0.2) is 71.5 Å². The number of nitrogens with zero attached hydrogens (tertiary/aromatic N) is 7. The lowest BCUT2D eigenvalue weighted by atomic mass is 10.2. The van der Waals surface area contributed by atoms with Gasteiger partial charge in [0.05, 0.1) is 30.4 Å². The highest BCUT2D eigenvalue weighted by Crippen LogP contribution is 2.22. The zero-order chi connectivity index (χ0) is 20.4. The largest absolute Gasteiger partial charge is 0.395 e. The minimum atomic E-state index is -0.127. The second kappa shape index (κ2) is 8.04. The highest BCUT2D eigenvalue weighted by molar-refractivity contribution is 5.81. The van der Waals surface area contributed by atoms with Gasteiger partial charge in [0.2, 0.25) is 5.95 Å². The first kappa shape index (κ1) is 19.1. The predicted octanol–water partition coefficient (Wildman–Crippen LogP) is 0.571.